The minimum atomic E-state index is -5.60. The minimum Gasteiger partial charge on any atom is -0.329 e. The first-order valence-corrected chi connectivity index (χ1v) is 5.75. The van der Waals surface area contributed by atoms with Crippen LogP contribution in [0.4, 0.5) is 22.0 Å². The Balaban J connectivity index is 2.82. The van der Waals surface area contributed by atoms with Crippen molar-refractivity contribution >= 4 is 23.1 Å². The quantitative estimate of drug-likeness (QED) is 0.680. The van der Waals surface area contributed by atoms with Crippen LogP contribution >= 0.6 is 23.1 Å². The van der Waals surface area contributed by atoms with Crippen molar-refractivity contribution in [2.24, 2.45) is 5.73 Å². The van der Waals surface area contributed by atoms with Gasteiger partial charge in [-0.05, 0) is 0 Å². The molecule has 0 fully saturated rings. The largest absolute Gasteiger partial charge is 0.454 e. The third-order valence-electron chi connectivity index (χ3n) is 1.65. The maximum absolute atomic E-state index is 12.9. The van der Waals surface area contributed by atoms with Crippen LogP contribution in [0.25, 0.3) is 0 Å². The summed E-state index contributed by atoms with van der Waals surface area (Å²) in [7, 11) is 0. The number of halogens is 5. The van der Waals surface area contributed by atoms with Crippen LogP contribution in [-0.2, 0) is 0 Å². The molecular weight excluding hydrogens is 271 g/mol. The number of hydrogen-bond donors (Lipinski definition) is 1. The lowest BCUT2D eigenvalue weighted by molar-refractivity contribution is -0.280. The predicted molar refractivity (Wildman–Crippen MR) is 51.8 cm³/mol. The smallest absolute Gasteiger partial charge is 0.329 e. The van der Waals surface area contributed by atoms with Crippen molar-refractivity contribution in [3.8, 4) is 0 Å². The van der Waals surface area contributed by atoms with Crippen molar-refractivity contribution in [1.29, 1.82) is 0 Å². The molecule has 9 heteroatoms. The summed E-state index contributed by atoms with van der Waals surface area (Å²) < 4.78 is 62.2. The predicted octanol–water partition coefficient (Wildman–Crippen LogP) is 2.76. The zero-order valence-electron chi connectivity index (χ0n) is 7.67. The molecule has 0 spiro atoms. The molecule has 16 heavy (non-hydrogen) atoms. The Hall–Kier alpha value is -0.410. The molecule has 92 valence electrons. The van der Waals surface area contributed by atoms with E-state index in [1.54, 1.807) is 0 Å². The molecule has 0 aromatic carbocycles. The fourth-order valence-corrected chi connectivity index (χ4v) is 2.68. The molecule has 0 saturated heterocycles. The summed E-state index contributed by atoms with van der Waals surface area (Å²) in [6.07, 6.45) is -4.27. The second kappa shape index (κ2) is 4.84. The van der Waals surface area contributed by atoms with E-state index in [0.717, 1.165) is 11.3 Å². The second-order valence-corrected chi connectivity index (χ2v) is 5.11. The summed E-state index contributed by atoms with van der Waals surface area (Å²) in [5, 5.41) is -0.569. The molecule has 1 aromatic rings. The van der Waals surface area contributed by atoms with Gasteiger partial charge in [0.1, 0.15) is 4.34 Å². The zero-order valence-corrected chi connectivity index (χ0v) is 9.30. The van der Waals surface area contributed by atoms with Gasteiger partial charge in [0.05, 0.1) is 5.25 Å². The van der Waals surface area contributed by atoms with E-state index >= 15 is 0 Å². The maximum Gasteiger partial charge on any atom is 0.454 e. The molecule has 2 nitrogen and oxygen atoms in total. The van der Waals surface area contributed by atoms with E-state index in [4.69, 9.17) is 5.73 Å². The molecule has 1 atom stereocenters. The van der Waals surface area contributed by atoms with E-state index in [0.29, 0.717) is 11.8 Å². The van der Waals surface area contributed by atoms with Crippen LogP contribution in [0.5, 0.6) is 0 Å². The number of nitrogens with zero attached hydrogens (tertiary/aromatic N) is 1. The fraction of sp³-hybridized carbons (Fsp3) is 0.571. The molecule has 0 amide bonds. The van der Waals surface area contributed by atoms with Gasteiger partial charge in [-0.25, -0.2) is 4.98 Å². The highest BCUT2D eigenvalue weighted by atomic mass is 32.2. The molecule has 2 N–H and O–H groups in total. The van der Waals surface area contributed by atoms with E-state index in [2.05, 4.69) is 4.98 Å². The number of hydrogen-bond acceptors (Lipinski definition) is 4. The van der Waals surface area contributed by atoms with Gasteiger partial charge in [0.2, 0.25) is 0 Å². The van der Waals surface area contributed by atoms with Crippen LogP contribution in [0.2, 0.25) is 0 Å². The van der Waals surface area contributed by atoms with Gasteiger partial charge in [0, 0.05) is 18.1 Å². The van der Waals surface area contributed by atoms with Crippen molar-refractivity contribution in [2.75, 3.05) is 6.54 Å². The maximum atomic E-state index is 12.9. The molecular formula is C7H7F5N2S2. The molecule has 1 heterocycles. The third-order valence-corrected chi connectivity index (χ3v) is 3.87. The van der Waals surface area contributed by atoms with Crippen LogP contribution in [0.3, 0.4) is 0 Å². The minimum absolute atomic E-state index is 0.138. The van der Waals surface area contributed by atoms with Crippen LogP contribution in [0, 0.1) is 0 Å². The number of aromatic nitrogens is 1. The van der Waals surface area contributed by atoms with E-state index in [9.17, 15) is 22.0 Å². The van der Waals surface area contributed by atoms with E-state index < -0.39 is 23.9 Å². The topological polar surface area (TPSA) is 38.9 Å². The van der Waals surface area contributed by atoms with Crippen molar-refractivity contribution in [3.05, 3.63) is 11.6 Å². The Bertz CT molecular complexity index is 324. The number of thioether (sulfide) groups is 1. The monoisotopic (exact) mass is 278 g/mol. The summed E-state index contributed by atoms with van der Waals surface area (Å²) >= 11 is 1.33. The summed E-state index contributed by atoms with van der Waals surface area (Å²) in [5.74, 6) is -4.82. The highest BCUT2D eigenvalue weighted by Gasteiger charge is 2.62. The molecule has 0 aliphatic heterocycles. The molecule has 1 aromatic heterocycles. The molecule has 0 bridgehead atoms. The van der Waals surface area contributed by atoms with E-state index in [-0.39, 0.29) is 4.34 Å². The Labute approximate surface area is 96.0 Å². The van der Waals surface area contributed by atoms with E-state index in [1.165, 1.54) is 11.6 Å². The standard InChI is InChI=1S/C7H7F5N2S2/c8-6(9,7(10,11)12)4(3-13)16-5-14-1-2-15-5/h1-2,4H,3,13H2. The number of thiazole rings is 1. The van der Waals surface area contributed by atoms with Crippen LogP contribution in [0.15, 0.2) is 15.9 Å². The lowest BCUT2D eigenvalue weighted by Crippen LogP contribution is -2.48. The zero-order chi connectivity index (χ0) is 12.4. The lowest BCUT2D eigenvalue weighted by atomic mass is 10.2. The summed E-state index contributed by atoms with van der Waals surface area (Å²) in [5.41, 5.74) is 4.95. The Morgan fingerprint density at radius 3 is 2.38 bits per heavy atom. The van der Waals surface area contributed by atoms with Crippen molar-refractivity contribution in [3.63, 3.8) is 0 Å². The average Bonchev–Trinajstić information content (AvgIpc) is 2.64. The first kappa shape index (κ1) is 13.7. The Kier molecular flexibility index (Phi) is 4.13. The van der Waals surface area contributed by atoms with Gasteiger partial charge >= 0.3 is 12.1 Å². The molecule has 0 radical (unpaired) electrons. The number of alkyl halides is 5. The number of nitrogens with two attached hydrogens (primary N) is 1. The Morgan fingerprint density at radius 2 is 2.00 bits per heavy atom. The average molecular weight is 278 g/mol. The summed E-state index contributed by atoms with van der Waals surface area (Å²) in [4.78, 5) is 3.62. The highest BCUT2D eigenvalue weighted by Crippen LogP contribution is 2.44. The van der Waals surface area contributed by atoms with Gasteiger partial charge in [-0.15, -0.1) is 11.3 Å². The SMILES string of the molecule is NCC(Sc1nccs1)C(F)(F)C(F)(F)F. The van der Waals surface area contributed by atoms with Crippen molar-refractivity contribution in [2.45, 2.75) is 21.7 Å². The van der Waals surface area contributed by atoms with Crippen LogP contribution < -0.4 is 5.73 Å². The number of rotatable bonds is 4. The summed E-state index contributed by atoms with van der Waals surface area (Å²) in [6, 6.07) is 0. The van der Waals surface area contributed by atoms with Gasteiger partial charge in [0.15, 0.2) is 0 Å². The van der Waals surface area contributed by atoms with Gasteiger partial charge < -0.3 is 5.73 Å². The highest BCUT2D eigenvalue weighted by molar-refractivity contribution is 8.01. The van der Waals surface area contributed by atoms with Gasteiger partial charge in [0.25, 0.3) is 0 Å². The Morgan fingerprint density at radius 1 is 1.38 bits per heavy atom. The van der Waals surface area contributed by atoms with Gasteiger partial charge in [-0.2, -0.15) is 22.0 Å². The second-order valence-electron chi connectivity index (χ2n) is 2.76. The molecule has 0 aliphatic carbocycles. The fourth-order valence-electron chi connectivity index (χ4n) is 0.843. The molecule has 1 unspecified atom stereocenters. The first-order valence-electron chi connectivity index (χ1n) is 3.99. The van der Waals surface area contributed by atoms with Crippen molar-refractivity contribution < 1.29 is 22.0 Å². The molecule has 1 rings (SSSR count). The van der Waals surface area contributed by atoms with Gasteiger partial charge in [-0.1, -0.05) is 11.8 Å². The molecule has 0 saturated carbocycles. The normalized spacial score (nSPS) is 15.1. The first-order chi connectivity index (χ1) is 7.29. The van der Waals surface area contributed by atoms with Crippen LogP contribution in [0.1, 0.15) is 0 Å². The molecule has 0 aliphatic rings. The van der Waals surface area contributed by atoms with Crippen molar-refractivity contribution in [1.82, 2.24) is 4.98 Å². The van der Waals surface area contributed by atoms with Crippen LogP contribution in [-0.4, -0.2) is 28.9 Å². The van der Waals surface area contributed by atoms with Gasteiger partial charge in [-0.3, -0.25) is 0 Å². The summed E-state index contributed by atoms with van der Waals surface area (Å²) in [6.45, 7) is -0.781. The van der Waals surface area contributed by atoms with E-state index in [1.807, 2.05) is 0 Å². The lowest BCUT2D eigenvalue weighted by Gasteiger charge is -2.26. The third kappa shape index (κ3) is 2.83.